The molecule has 8 heteroatoms. The van der Waals surface area contributed by atoms with Crippen LogP contribution >= 0.6 is 34.7 Å². The Balaban J connectivity index is 1.23. The van der Waals surface area contributed by atoms with E-state index in [1.807, 2.05) is 78.2 Å². The fraction of sp³-hybridized carbons (Fsp3) is 0.303. The maximum atomic E-state index is 14.0. The molecule has 2 amide bonds. The monoisotopic (exact) mass is 598 g/mol. The lowest BCUT2D eigenvalue weighted by Gasteiger charge is -2.43. The second kappa shape index (κ2) is 9.45. The Kier molecular flexibility index (Phi) is 5.89. The number of carbonyl (C=O) groups is 2. The smallest absolute Gasteiger partial charge is 0.289 e. The van der Waals surface area contributed by atoms with E-state index in [1.54, 1.807) is 11.8 Å². The largest absolute Gasteiger partial charge is 0.308 e. The lowest BCUT2D eigenvalue weighted by Crippen LogP contribution is -2.43. The average Bonchev–Trinajstić information content (AvgIpc) is 3.69. The number of fused-ring (bicyclic) bond motifs is 9. The number of aromatic nitrogens is 1. The van der Waals surface area contributed by atoms with Crippen LogP contribution in [0.3, 0.4) is 0 Å². The maximum absolute atomic E-state index is 14.0. The molecule has 3 heterocycles. The van der Waals surface area contributed by atoms with Crippen molar-refractivity contribution in [2.75, 3.05) is 4.90 Å². The first-order chi connectivity index (χ1) is 19.9. The van der Waals surface area contributed by atoms with Gasteiger partial charge in [-0.25, -0.2) is 0 Å². The van der Waals surface area contributed by atoms with Gasteiger partial charge in [-0.2, -0.15) is 0 Å². The fourth-order valence-electron chi connectivity index (χ4n) is 8.01. The molecular weight excluding hydrogens is 572 g/mol. The van der Waals surface area contributed by atoms with Gasteiger partial charge in [-0.15, -0.1) is 11.8 Å². The third-order valence-corrected chi connectivity index (χ3v) is 12.7. The lowest BCUT2D eigenvalue weighted by atomic mass is 9.68. The SMILES string of the molecule is Cc1ccc(N2C(=O)[C@H]3[C@@H]4C[C@H]([C@@H]3C2=O)[C@H]2[C@H](c3ccc(Cl)cc3)c3sc(=O)n(Cc5ccccc5)c3S[C@H]42)cc1. The van der Waals surface area contributed by atoms with Gasteiger partial charge in [0.1, 0.15) is 0 Å². The second-order valence-corrected chi connectivity index (χ2v) is 14.4. The predicted molar refractivity (Wildman–Crippen MR) is 163 cm³/mol. The minimum absolute atomic E-state index is 0.0180. The van der Waals surface area contributed by atoms with Crippen LogP contribution in [-0.4, -0.2) is 21.6 Å². The molecule has 41 heavy (non-hydrogen) atoms. The van der Waals surface area contributed by atoms with Crippen LogP contribution in [0.25, 0.3) is 0 Å². The first-order valence-electron chi connectivity index (χ1n) is 14.0. The summed E-state index contributed by atoms with van der Waals surface area (Å²) >= 11 is 9.41. The van der Waals surface area contributed by atoms with Gasteiger partial charge in [0.25, 0.3) is 0 Å². The molecule has 206 valence electrons. The van der Waals surface area contributed by atoms with E-state index in [0.717, 1.165) is 33.0 Å². The predicted octanol–water partition coefficient (Wildman–Crippen LogP) is 6.60. The number of hydrogen-bond acceptors (Lipinski definition) is 5. The summed E-state index contributed by atoms with van der Waals surface area (Å²) < 4.78 is 1.92. The van der Waals surface area contributed by atoms with Crippen LogP contribution in [0.5, 0.6) is 0 Å². The normalized spacial score (nSPS) is 29.5. The summed E-state index contributed by atoms with van der Waals surface area (Å²) in [5.74, 6) is -0.407. The van der Waals surface area contributed by atoms with Crippen LogP contribution in [0, 0.1) is 36.5 Å². The molecule has 8 rings (SSSR count). The number of thiazole rings is 1. The van der Waals surface area contributed by atoms with Gasteiger partial charge in [0.05, 0.1) is 29.1 Å². The highest BCUT2D eigenvalue weighted by molar-refractivity contribution is 8.00. The molecule has 0 unspecified atom stereocenters. The maximum Gasteiger partial charge on any atom is 0.308 e. The Bertz CT molecular complexity index is 1750. The second-order valence-electron chi connectivity index (χ2n) is 11.8. The van der Waals surface area contributed by atoms with Crippen LogP contribution in [0.2, 0.25) is 5.02 Å². The van der Waals surface area contributed by atoms with Crippen LogP contribution in [0.1, 0.15) is 33.9 Å². The molecule has 2 bridgehead atoms. The van der Waals surface area contributed by atoms with Gasteiger partial charge in [-0.3, -0.25) is 23.9 Å². The molecule has 0 radical (unpaired) electrons. The summed E-state index contributed by atoms with van der Waals surface area (Å²) in [6.45, 7) is 2.52. The number of carbonyl (C=O) groups excluding carboxylic acids is 2. The number of thioether (sulfide) groups is 1. The van der Waals surface area contributed by atoms with Gasteiger partial charge in [-0.05, 0) is 66.5 Å². The topological polar surface area (TPSA) is 59.4 Å². The minimum Gasteiger partial charge on any atom is -0.289 e. The van der Waals surface area contributed by atoms with E-state index in [2.05, 4.69) is 12.1 Å². The molecule has 2 saturated carbocycles. The van der Waals surface area contributed by atoms with Crippen molar-refractivity contribution in [3.8, 4) is 0 Å². The summed E-state index contributed by atoms with van der Waals surface area (Å²) in [7, 11) is 0. The van der Waals surface area contributed by atoms with Gasteiger partial charge in [0.2, 0.25) is 11.8 Å². The summed E-state index contributed by atoms with van der Waals surface area (Å²) in [4.78, 5) is 44.0. The molecule has 2 aliphatic heterocycles. The number of hydrogen-bond donors (Lipinski definition) is 0. The average molecular weight is 599 g/mol. The van der Waals surface area contributed by atoms with E-state index in [9.17, 15) is 14.4 Å². The van der Waals surface area contributed by atoms with Crippen molar-refractivity contribution in [2.24, 2.45) is 29.6 Å². The van der Waals surface area contributed by atoms with E-state index in [0.29, 0.717) is 17.3 Å². The van der Waals surface area contributed by atoms with Crippen LogP contribution in [-0.2, 0) is 16.1 Å². The summed E-state index contributed by atoms with van der Waals surface area (Å²) in [5.41, 5.74) is 3.96. The molecule has 3 fully saturated rings. The number of benzene rings is 3. The van der Waals surface area contributed by atoms with Crippen LogP contribution in [0.4, 0.5) is 5.69 Å². The Hall–Kier alpha value is -3.13. The Morgan fingerprint density at radius 1 is 0.854 bits per heavy atom. The molecule has 1 aromatic heterocycles. The van der Waals surface area contributed by atoms with Crippen molar-refractivity contribution < 1.29 is 9.59 Å². The van der Waals surface area contributed by atoms with Crippen LogP contribution < -0.4 is 9.77 Å². The zero-order valence-electron chi connectivity index (χ0n) is 22.3. The van der Waals surface area contributed by atoms with Gasteiger partial charge < -0.3 is 0 Å². The third kappa shape index (κ3) is 3.78. The molecule has 0 spiro atoms. The van der Waals surface area contributed by atoms with Crippen molar-refractivity contribution in [2.45, 2.75) is 36.1 Å². The number of imide groups is 1. The zero-order chi connectivity index (χ0) is 28.0. The standard InChI is InChI=1S/C33H27ClN2O3S2/c1-17-7-13-21(14-8-17)36-30(37)26-22-15-23(27(26)31(36)38)28-25(22)24(19-9-11-20(34)12-10-19)29-32(40-28)35(33(39)41-29)16-18-5-3-2-4-6-18/h2-14,22-28H,15-16H2,1H3/t22-,23-,24-,25-,26-,27-,28+/m0/s1. The number of nitrogens with zero attached hydrogens (tertiary/aromatic N) is 2. The third-order valence-electron chi connectivity index (χ3n) is 9.65. The first-order valence-corrected chi connectivity index (χ1v) is 16.1. The Morgan fingerprint density at radius 3 is 2.24 bits per heavy atom. The first kappa shape index (κ1) is 25.6. The molecule has 4 aliphatic rings. The molecule has 2 aliphatic carbocycles. The molecular formula is C33H27ClN2O3S2. The fourth-order valence-corrected chi connectivity index (χ4v) is 11.3. The molecule has 3 aromatic carbocycles. The van der Waals surface area contributed by atoms with E-state index in [-0.39, 0.29) is 57.4 Å². The number of halogens is 1. The van der Waals surface area contributed by atoms with Gasteiger partial charge in [0, 0.05) is 21.1 Å². The number of aryl methyl sites for hydroxylation is 1. The zero-order valence-corrected chi connectivity index (χ0v) is 24.7. The Labute approximate surface area is 251 Å². The molecule has 7 atom stereocenters. The van der Waals surface area contributed by atoms with Crippen molar-refractivity contribution in [3.63, 3.8) is 0 Å². The van der Waals surface area contributed by atoms with E-state index >= 15 is 0 Å². The quantitative estimate of drug-likeness (QED) is 0.248. The van der Waals surface area contributed by atoms with Crippen LogP contribution in [0.15, 0.2) is 88.7 Å². The van der Waals surface area contributed by atoms with E-state index in [4.69, 9.17) is 11.6 Å². The molecule has 5 nitrogen and oxygen atoms in total. The number of rotatable bonds is 4. The van der Waals surface area contributed by atoms with Crippen molar-refractivity contribution in [1.29, 1.82) is 0 Å². The minimum atomic E-state index is -0.310. The molecule has 0 N–H and O–H groups in total. The lowest BCUT2D eigenvalue weighted by molar-refractivity contribution is -0.123. The van der Waals surface area contributed by atoms with Crippen molar-refractivity contribution in [1.82, 2.24) is 4.57 Å². The van der Waals surface area contributed by atoms with Gasteiger partial charge in [0.15, 0.2) is 0 Å². The Morgan fingerprint density at radius 2 is 1.54 bits per heavy atom. The summed E-state index contributed by atoms with van der Waals surface area (Å²) in [5, 5.41) is 1.84. The van der Waals surface area contributed by atoms with E-state index < -0.39 is 0 Å². The molecule has 4 aromatic rings. The van der Waals surface area contributed by atoms with Crippen molar-refractivity contribution >= 4 is 52.2 Å². The van der Waals surface area contributed by atoms with Gasteiger partial charge >= 0.3 is 4.87 Å². The number of anilines is 1. The molecule has 1 saturated heterocycles. The summed E-state index contributed by atoms with van der Waals surface area (Å²) in [6, 6.07) is 25.7. The number of amides is 2. The van der Waals surface area contributed by atoms with E-state index in [1.165, 1.54) is 16.2 Å². The highest BCUT2D eigenvalue weighted by Gasteiger charge is 2.69. The summed E-state index contributed by atoms with van der Waals surface area (Å²) in [6.07, 6.45) is 0.874. The van der Waals surface area contributed by atoms with Gasteiger partial charge in [-0.1, -0.05) is 83.1 Å². The highest BCUT2D eigenvalue weighted by atomic mass is 35.5. The highest BCUT2D eigenvalue weighted by Crippen LogP contribution is 2.69. The van der Waals surface area contributed by atoms with Crippen molar-refractivity contribution in [3.05, 3.63) is 115 Å².